The molecule has 1 atom stereocenters. The molecule has 4 rings (SSSR count). The van der Waals surface area contributed by atoms with Crippen LogP contribution in [-0.4, -0.2) is 29.6 Å². The lowest BCUT2D eigenvalue weighted by atomic mass is 9.80. The molecule has 0 bridgehead atoms. The van der Waals surface area contributed by atoms with E-state index in [1.54, 1.807) is 0 Å². The van der Waals surface area contributed by atoms with Gasteiger partial charge in [0.25, 0.3) is 0 Å². The number of carboxylic acid groups (broad SMARTS) is 1. The number of amides is 1. The Morgan fingerprint density at radius 2 is 1.85 bits per heavy atom. The maximum atomic E-state index is 13.0. The van der Waals surface area contributed by atoms with Gasteiger partial charge < -0.3 is 15.2 Å². The zero-order valence-corrected chi connectivity index (χ0v) is 15.3. The van der Waals surface area contributed by atoms with Crippen LogP contribution >= 0.6 is 0 Å². The Hall–Kier alpha value is -2.82. The minimum absolute atomic E-state index is 0.114. The molecule has 1 heterocycles. The van der Waals surface area contributed by atoms with E-state index in [4.69, 9.17) is 4.74 Å². The lowest BCUT2D eigenvalue weighted by Gasteiger charge is -2.26. The van der Waals surface area contributed by atoms with Crippen LogP contribution in [0.25, 0.3) is 0 Å². The number of rotatable bonds is 5. The number of hydrogen-bond donors (Lipinski definition) is 2. The molecule has 140 valence electrons. The van der Waals surface area contributed by atoms with E-state index in [1.807, 2.05) is 43.3 Å². The highest BCUT2D eigenvalue weighted by atomic mass is 16.5. The van der Waals surface area contributed by atoms with Gasteiger partial charge in [0, 0.05) is 6.42 Å². The van der Waals surface area contributed by atoms with Crippen LogP contribution in [0.3, 0.4) is 0 Å². The number of fused-ring (bicyclic) bond motifs is 2. The molecule has 2 aliphatic rings. The topological polar surface area (TPSA) is 75.6 Å². The number of carboxylic acids is 1. The second-order valence-corrected chi connectivity index (χ2v) is 7.74. The highest BCUT2D eigenvalue weighted by molar-refractivity contribution is 5.88. The van der Waals surface area contributed by atoms with E-state index >= 15 is 0 Å². The van der Waals surface area contributed by atoms with Crippen molar-refractivity contribution in [2.24, 2.45) is 5.41 Å². The van der Waals surface area contributed by atoms with E-state index in [-0.39, 0.29) is 18.4 Å². The molecule has 1 aliphatic heterocycles. The van der Waals surface area contributed by atoms with Crippen LogP contribution in [-0.2, 0) is 28.9 Å². The summed E-state index contributed by atoms with van der Waals surface area (Å²) >= 11 is 0. The first-order valence-corrected chi connectivity index (χ1v) is 9.28. The summed E-state index contributed by atoms with van der Waals surface area (Å²) in [5.74, 6) is -0.275. The minimum Gasteiger partial charge on any atom is -0.488 e. The predicted molar refractivity (Wildman–Crippen MR) is 101 cm³/mol. The third-order valence-electron chi connectivity index (χ3n) is 5.59. The van der Waals surface area contributed by atoms with E-state index in [0.717, 1.165) is 28.9 Å². The third-order valence-corrected chi connectivity index (χ3v) is 5.59. The number of carbonyl (C=O) groups is 2. The number of carbonyl (C=O) groups excluding carboxylic acids is 1. The Kier molecular flexibility index (Phi) is 4.38. The summed E-state index contributed by atoms with van der Waals surface area (Å²) in [5, 5.41) is 12.4. The SMILES string of the molecule is Cc1ccc2c(c1)CC(CNC(=O)C1(CC(=O)O)Cc3ccccc3C1)O2. The molecule has 2 N–H and O–H groups in total. The fraction of sp³-hybridized carbons (Fsp3) is 0.364. The second kappa shape index (κ2) is 6.72. The van der Waals surface area contributed by atoms with Gasteiger partial charge in [-0.25, -0.2) is 0 Å². The summed E-state index contributed by atoms with van der Waals surface area (Å²) in [6.07, 6.45) is 1.40. The molecule has 0 spiro atoms. The summed E-state index contributed by atoms with van der Waals surface area (Å²) in [6.45, 7) is 2.42. The zero-order valence-electron chi connectivity index (χ0n) is 15.3. The molecule has 0 aromatic heterocycles. The smallest absolute Gasteiger partial charge is 0.304 e. The second-order valence-electron chi connectivity index (χ2n) is 7.74. The summed E-state index contributed by atoms with van der Waals surface area (Å²) in [6, 6.07) is 13.9. The summed E-state index contributed by atoms with van der Waals surface area (Å²) < 4.78 is 5.92. The molecule has 0 fully saturated rings. The first-order valence-electron chi connectivity index (χ1n) is 9.28. The van der Waals surface area contributed by atoms with E-state index in [9.17, 15) is 14.7 Å². The van der Waals surface area contributed by atoms with Crippen LogP contribution in [0.2, 0.25) is 0 Å². The average molecular weight is 365 g/mol. The van der Waals surface area contributed by atoms with Crippen molar-refractivity contribution in [3.63, 3.8) is 0 Å². The van der Waals surface area contributed by atoms with Gasteiger partial charge in [0.2, 0.25) is 5.91 Å². The van der Waals surface area contributed by atoms with Crippen LogP contribution in [0.15, 0.2) is 42.5 Å². The molecule has 0 saturated heterocycles. The summed E-state index contributed by atoms with van der Waals surface area (Å²) in [7, 11) is 0. The van der Waals surface area contributed by atoms with Crippen molar-refractivity contribution < 1.29 is 19.4 Å². The van der Waals surface area contributed by atoms with Gasteiger partial charge in [-0.3, -0.25) is 9.59 Å². The van der Waals surface area contributed by atoms with E-state index in [0.29, 0.717) is 19.4 Å². The zero-order chi connectivity index (χ0) is 19.0. The van der Waals surface area contributed by atoms with Crippen molar-refractivity contribution in [3.05, 3.63) is 64.7 Å². The normalized spacial score (nSPS) is 19.1. The largest absolute Gasteiger partial charge is 0.488 e. The standard InChI is InChI=1S/C22H23NO4/c1-14-6-7-19-17(8-14)9-18(27-19)13-23-21(26)22(12-20(24)25)10-15-4-2-3-5-16(15)11-22/h2-8,18H,9-13H2,1H3,(H,23,26)(H,24,25). The maximum absolute atomic E-state index is 13.0. The minimum atomic E-state index is -0.946. The molecule has 2 aromatic rings. The fourth-order valence-corrected chi connectivity index (χ4v) is 4.31. The van der Waals surface area contributed by atoms with Gasteiger partial charge in [0.15, 0.2) is 0 Å². The van der Waals surface area contributed by atoms with Crippen molar-refractivity contribution in [1.29, 1.82) is 0 Å². The Labute approximate surface area is 158 Å². The highest BCUT2D eigenvalue weighted by Gasteiger charge is 2.45. The van der Waals surface area contributed by atoms with Crippen molar-refractivity contribution in [2.75, 3.05) is 6.54 Å². The number of benzene rings is 2. The van der Waals surface area contributed by atoms with Gasteiger partial charge in [-0.1, -0.05) is 42.0 Å². The van der Waals surface area contributed by atoms with Crippen LogP contribution in [0.1, 0.15) is 28.7 Å². The third kappa shape index (κ3) is 3.42. The highest BCUT2D eigenvalue weighted by Crippen LogP contribution is 2.40. The Balaban J connectivity index is 1.44. The van der Waals surface area contributed by atoms with Crippen LogP contribution in [0.4, 0.5) is 0 Å². The summed E-state index contributed by atoms with van der Waals surface area (Å²) in [5.41, 5.74) is 3.55. The molecular weight excluding hydrogens is 342 g/mol. The molecule has 0 saturated carbocycles. The Bertz CT molecular complexity index is 880. The quantitative estimate of drug-likeness (QED) is 0.854. The number of nitrogens with one attached hydrogen (secondary N) is 1. The van der Waals surface area contributed by atoms with Crippen molar-refractivity contribution in [2.45, 2.75) is 38.7 Å². The van der Waals surface area contributed by atoms with Gasteiger partial charge in [0.05, 0.1) is 18.4 Å². The van der Waals surface area contributed by atoms with E-state index in [1.165, 1.54) is 5.56 Å². The number of aliphatic carboxylic acids is 1. The van der Waals surface area contributed by atoms with Gasteiger partial charge in [0.1, 0.15) is 11.9 Å². The number of hydrogen-bond acceptors (Lipinski definition) is 3. The molecule has 0 radical (unpaired) electrons. The van der Waals surface area contributed by atoms with Crippen molar-refractivity contribution in [1.82, 2.24) is 5.32 Å². The van der Waals surface area contributed by atoms with Crippen LogP contribution in [0, 0.1) is 12.3 Å². The molecular formula is C22H23NO4. The number of ether oxygens (including phenoxy) is 1. The molecule has 5 heteroatoms. The predicted octanol–water partition coefficient (Wildman–Crippen LogP) is 2.67. The first kappa shape index (κ1) is 17.6. The summed E-state index contributed by atoms with van der Waals surface area (Å²) in [4.78, 5) is 24.5. The molecule has 1 aliphatic carbocycles. The van der Waals surface area contributed by atoms with Crippen molar-refractivity contribution >= 4 is 11.9 Å². The van der Waals surface area contributed by atoms with E-state index < -0.39 is 11.4 Å². The van der Waals surface area contributed by atoms with Gasteiger partial charge in [-0.15, -0.1) is 0 Å². The maximum Gasteiger partial charge on any atom is 0.304 e. The Morgan fingerprint density at radius 1 is 1.15 bits per heavy atom. The molecule has 5 nitrogen and oxygen atoms in total. The first-order chi connectivity index (χ1) is 12.9. The van der Waals surface area contributed by atoms with Crippen LogP contribution in [0.5, 0.6) is 5.75 Å². The lowest BCUT2D eigenvalue weighted by molar-refractivity contribution is -0.145. The van der Waals surface area contributed by atoms with Gasteiger partial charge >= 0.3 is 5.97 Å². The molecule has 1 amide bonds. The molecule has 2 aromatic carbocycles. The monoisotopic (exact) mass is 365 g/mol. The average Bonchev–Trinajstić information content (AvgIpc) is 3.19. The van der Waals surface area contributed by atoms with Gasteiger partial charge in [-0.2, -0.15) is 0 Å². The number of aryl methyl sites for hydroxylation is 1. The van der Waals surface area contributed by atoms with E-state index in [2.05, 4.69) is 11.4 Å². The van der Waals surface area contributed by atoms with Crippen LogP contribution < -0.4 is 10.1 Å². The fourth-order valence-electron chi connectivity index (χ4n) is 4.31. The Morgan fingerprint density at radius 3 is 2.52 bits per heavy atom. The van der Waals surface area contributed by atoms with Gasteiger partial charge in [-0.05, 0) is 42.5 Å². The lowest BCUT2D eigenvalue weighted by Crippen LogP contribution is -2.46. The van der Waals surface area contributed by atoms with Crippen molar-refractivity contribution in [3.8, 4) is 5.75 Å². The molecule has 27 heavy (non-hydrogen) atoms. The molecule has 1 unspecified atom stereocenters.